The molecule has 1 amide bonds. The molecular weight excluding hydrogens is 116 g/mol. The van der Waals surface area contributed by atoms with Gasteiger partial charge >= 0.3 is 0 Å². The van der Waals surface area contributed by atoms with Crippen LogP contribution in [0.2, 0.25) is 0 Å². The summed E-state index contributed by atoms with van der Waals surface area (Å²) in [4.78, 5) is 10.1. The molecule has 0 aliphatic heterocycles. The zero-order valence-corrected chi connectivity index (χ0v) is 6.14. The normalized spacial score (nSPS) is 7.89. The molecule has 0 spiro atoms. The number of nitrogens with two attached hydrogens (primary N) is 1. The molecule has 0 rings (SSSR count). The first kappa shape index (κ1) is 10.9. The number of nitrogens with one attached hydrogen (secondary N) is 1. The van der Waals surface area contributed by atoms with Crippen LogP contribution < -0.4 is 11.1 Å². The number of hydrogen-bond donors (Lipinski definition) is 2. The van der Waals surface area contributed by atoms with Crippen LogP contribution in [0.3, 0.4) is 0 Å². The molecule has 0 saturated carbocycles. The lowest BCUT2D eigenvalue weighted by Crippen LogP contribution is -2.14. The van der Waals surface area contributed by atoms with Crippen molar-refractivity contribution in [3.8, 4) is 0 Å². The van der Waals surface area contributed by atoms with Crippen LogP contribution in [0.4, 0.5) is 0 Å². The highest BCUT2D eigenvalue weighted by atomic mass is 16.1. The third-order valence-corrected chi connectivity index (χ3v) is 0.494. The van der Waals surface area contributed by atoms with Crippen molar-refractivity contribution in [3.05, 3.63) is 12.3 Å². The van der Waals surface area contributed by atoms with E-state index in [0.29, 0.717) is 0 Å². The summed E-state index contributed by atoms with van der Waals surface area (Å²) in [6.07, 6.45) is 2.44. The number of likely N-dealkylation sites (N-methyl/N-ethyl adjacent to an activating group) is 1. The summed E-state index contributed by atoms with van der Waals surface area (Å²) in [5.41, 5.74) is 4.86. The van der Waals surface area contributed by atoms with Gasteiger partial charge in [0.25, 0.3) is 0 Å². The highest BCUT2D eigenvalue weighted by molar-refractivity contribution is 5.86. The van der Waals surface area contributed by atoms with Gasteiger partial charge in [-0.15, -0.1) is 0 Å². The molecule has 3 nitrogen and oxygen atoms in total. The maximum absolute atomic E-state index is 10.1. The Morgan fingerprint density at radius 1 is 1.56 bits per heavy atom. The van der Waals surface area contributed by atoms with Crippen LogP contribution in [0.15, 0.2) is 12.3 Å². The second-order valence-electron chi connectivity index (χ2n) is 0.973. The Balaban J connectivity index is 0. The molecule has 3 N–H and O–H groups in total. The van der Waals surface area contributed by atoms with Gasteiger partial charge in [-0.3, -0.25) is 4.79 Å². The topological polar surface area (TPSA) is 55.1 Å². The van der Waals surface area contributed by atoms with Gasteiger partial charge in [0.15, 0.2) is 0 Å². The molecular formula is C6H14N2O. The number of rotatable bonds is 1. The number of hydrogen-bond acceptors (Lipinski definition) is 2. The fourth-order valence-corrected chi connectivity index (χ4v) is 0.171. The first-order valence-corrected chi connectivity index (χ1v) is 2.91. The highest BCUT2D eigenvalue weighted by Crippen LogP contribution is 1.60. The van der Waals surface area contributed by atoms with Crippen LogP contribution in [-0.2, 0) is 4.79 Å². The standard InChI is InChI=1S/C4H8N2O.C2H6/c1-6-4(7)2-3-5;1-2/h2-3H,5H2,1H3,(H,6,7);1-2H3/b3-2+;. The van der Waals surface area contributed by atoms with Crippen LogP contribution in [0.25, 0.3) is 0 Å². The predicted octanol–water partition coefficient (Wildman–Crippen LogP) is 0.231. The lowest BCUT2D eigenvalue weighted by Gasteiger charge is -1.84. The van der Waals surface area contributed by atoms with Crippen molar-refractivity contribution >= 4 is 5.91 Å². The van der Waals surface area contributed by atoms with E-state index in [9.17, 15) is 4.79 Å². The Bertz CT molecular complexity index is 89.1. The SMILES string of the molecule is CC.CNC(=O)/C=C/N. The van der Waals surface area contributed by atoms with Crippen LogP contribution >= 0.6 is 0 Å². The largest absolute Gasteiger partial charge is 0.404 e. The third-order valence-electron chi connectivity index (χ3n) is 0.494. The van der Waals surface area contributed by atoms with Crippen molar-refractivity contribution in [2.24, 2.45) is 5.73 Å². The van der Waals surface area contributed by atoms with E-state index in [1.807, 2.05) is 13.8 Å². The van der Waals surface area contributed by atoms with E-state index in [4.69, 9.17) is 5.73 Å². The van der Waals surface area contributed by atoms with Crippen LogP contribution in [-0.4, -0.2) is 13.0 Å². The Hall–Kier alpha value is -0.990. The summed E-state index contributed by atoms with van der Waals surface area (Å²) >= 11 is 0. The van der Waals surface area contributed by atoms with Gasteiger partial charge in [-0.1, -0.05) is 13.8 Å². The lowest BCUT2D eigenvalue weighted by molar-refractivity contribution is -0.116. The maximum Gasteiger partial charge on any atom is 0.245 e. The summed E-state index contributed by atoms with van der Waals surface area (Å²) in [5, 5.41) is 2.36. The van der Waals surface area contributed by atoms with Crippen molar-refractivity contribution in [3.63, 3.8) is 0 Å². The van der Waals surface area contributed by atoms with E-state index in [0.717, 1.165) is 0 Å². The summed E-state index contributed by atoms with van der Waals surface area (Å²) in [6.45, 7) is 4.00. The summed E-state index contributed by atoms with van der Waals surface area (Å²) in [6, 6.07) is 0. The average Bonchev–Trinajstić information content (AvgIpc) is 1.93. The van der Waals surface area contributed by atoms with E-state index in [-0.39, 0.29) is 5.91 Å². The van der Waals surface area contributed by atoms with Crippen molar-refractivity contribution in [2.45, 2.75) is 13.8 Å². The van der Waals surface area contributed by atoms with Crippen LogP contribution in [0.1, 0.15) is 13.8 Å². The highest BCUT2D eigenvalue weighted by Gasteiger charge is 1.81. The van der Waals surface area contributed by atoms with Crippen LogP contribution in [0.5, 0.6) is 0 Å². The van der Waals surface area contributed by atoms with Gasteiger partial charge in [0.1, 0.15) is 0 Å². The van der Waals surface area contributed by atoms with Gasteiger partial charge in [-0.05, 0) is 6.20 Å². The molecule has 54 valence electrons. The molecule has 0 heterocycles. The molecule has 0 saturated heterocycles. The molecule has 0 fully saturated rings. The molecule has 0 unspecified atom stereocenters. The summed E-state index contributed by atoms with van der Waals surface area (Å²) in [5.74, 6) is -0.178. The first-order chi connectivity index (χ1) is 4.31. The second kappa shape index (κ2) is 10.1. The number of carbonyl (C=O) groups is 1. The Morgan fingerprint density at radius 2 is 2.00 bits per heavy atom. The summed E-state index contributed by atoms with van der Waals surface area (Å²) in [7, 11) is 1.54. The predicted molar refractivity (Wildman–Crippen MR) is 38.7 cm³/mol. The number of carbonyl (C=O) groups excluding carboxylic acids is 1. The Morgan fingerprint density at radius 3 is 2.11 bits per heavy atom. The van der Waals surface area contributed by atoms with Gasteiger partial charge < -0.3 is 11.1 Å². The van der Waals surface area contributed by atoms with E-state index < -0.39 is 0 Å². The minimum Gasteiger partial charge on any atom is -0.404 e. The molecule has 0 aromatic carbocycles. The number of amides is 1. The first-order valence-electron chi connectivity index (χ1n) is 2.91. The molecule has 0 aromatic rings. The average molecular weight is 130 g/mol. The van der Waals surface area contributed by atoms with Gasteiger partial charge in [0.05, 0.1) is 0 Å². The van der Waals surface area contributed by atoms with E-state index in [1.54, 1.807) is 7.05 Å². The minimum absolute atomic E-state index is 0.178. The zero-order chi connectivity index (χ0) is 7.70. The monoisotopic (exact) mass is 130 g/mol. The molecule has 0 aliphatic rings. The van der Waals surface area contributed by atoms with Gasteiger partial charge in [0, 0.05) is 13.1 Å². The molecule has 0 atom stereocenters. The molecule has 0 aliphatic carbocycles. The third kappa shape index (κ3) is 10.9. The molecule has 3 heteroatoms. The van der Waals surface area contributed by atoms with E-state index >= 15 is 0 Å². The molecule has 9 heavy (non-hydrogen) atoms. The van der Waals surface area contributed by atoms with Crippen molar-refractivity contribution in [1.82, 2.24) is 5.32 Å². The van der Waals surface area contributed by atoms with E-state index in [1.165, 1.54) is 12.3 Å². The zero-order valence-electron chi connectivity index (χ0n) is 6.14. The molecule has 0 radical (unpaired) electrons. The van der Waals surface area contributed by atoms with E-state index in [2.05, 4.69) is 5.32 Å². The second-order valence-corrected chi connectivity index (χ2v) is 0.973. The Kier molecular flexibility index (Phi) is 12.2. The van der Waals surface area contributed by atoms with Gasteiger partial charge in [-0.25, -0.2) is 0 Å². The Labute approximate surface area is 55.9 Å². The molecule has 0 aromatic heterocycles. The minimum atomic E-state index is -0.178. The van der Waals surface area contributed by atoms with Crippen molar-refractivity contribution < 1.29 is 4.79 Å². The van der Waals surface area contributed by atoms with Crippen LogP contribution in [0, 0.1) is 0 Å². The lowest BCUT2D eigenvalue weighted by atomic mass is 10.6. The maximum atomic E-state index is 10.1. The fourth-order valence-electron chi connectivity index (χ4n) is 0.171. The molecule has 0 bridgehead atoms. The quantitative estimate of drug-likeness (QED) is 0.499. The fraction of sp³-hybridized carbons (Fsp3) is 0.500. The smallest absolute Gasteiger partial charge is 0.245 e. The summed E-state index contributed by atoms with van der Waals surface area (Å²) < 4.78 is 0. The van der Waals surface area contributed by atoms with Gasteiger partial charge in [0.2, 0.25) is 5.91 Å². The van der Waals surface area contributed by atoms with Crippen molar-refractivity contribution in [2.75, 3.05) is 7.05 Å². The van der Waals surface area contributed by atoms with Gasteiger partial charge in [-0.2, -0.15) is 0 Å². The van der Waals surface area contributed by atoms with Crippen molar-refractivity contribution in [1.29, 1.82) is 0 Å².